The third-order valence-corrected chi connectivity index (χ3v) is 5.07. The van der Waals surface area contributed by atoms with Gasteiger partial charge in [0.15, 0.2) is 0 Å². The fourth-order valence-electron chi connectivity index (χ4n) is 3.55. The topological polar surface area (TPSA) is 64.4 Å². The van der Waals surface area contributed by atoms with Crippen molar-refractivity contribution in [1.82, 2.24) is 5.32 Å². The van der Waals surface area contributed by atoms with Gasteiger partial charge in [-0.05, 0) is 37.0 Å². The van der Waals surface area contributed by atoms with Crippen LogP contribution in [0.5, 0.6) is 0 Å². The first-order valence-electron chi connectivity index (χ1n) is 7.72. The van der Waals surface area contributed by atoms with Gasteiger partial charge in [-0.2, -0.15) is 0 Å². The molecule has 0 radical (unpaired) electrons. The summed E-state index contributed by atoms with van der Waals surface area (Å²) in [5, 5.41) is 3.19. The van der Waals surface area contributed by atoms with Crippen molar-refractivity contribution < 1.29 is 9.53 Å². The molecule has 1 aromatic carbocycles. The van der Waals surface area contributed by atoms with Crippen LogP contribution in [0.1, 0.15) is 38.7 Å². The molecule has 1 fully saturated rings. The van der Waals surface area contributed by atoms with Gasteiger partial charge in [-0.1, -0.05) is 26.0 Å². The molecule has 4 nitrogen and oxygen atoms in total. The van der Waals surface area contributed by atoms with E-state index in [4.69, 9.17) is 10.5 Å². The summed E-state index contributed by atoms with van der Waals surface area (Å²) >= 11 is 0. The molecule has 21 heavy (non-hydrogen) atoms. The summed E-state index contributed by atoms with van der Waals surface area (Å²) in [6.07, 6.45) is 3.61. The van der Waals surface area contributed by atoms with Crippen molar-refractivity contribution in [3.05, 3.63) is 29.8 Å². The van der Waals surface area contributed by atoms with Gasteiger partial charge in [-0.15, -0.1) is 0 Å². The van der Waals surface area contributed by atoms with E-state index in [9.17, 15) is 4.79 Å². The first kappa shape index (κ1) is 15.8. The van der Waals surface area contributed by atoms with Gasteiger partial charge in [0.05, 0.1) is 12.5 Å². The van der Waals surface area contributed by atoms with Gasteiger partial charge in [0.2, 0.25) is 5.91 Å². The van der Waals surface area contributed by atoms with E-state index in [1.807, 2.05) is 24.3 Å². The number of nitrogen functional groups attached to an aromatic ring is 1. The standard InChI is InChI=1S/C17H26N2O2/c1-4-17(5-2)14(11-15(17)21-3)19-16(20)10-12-6-8-13(18)9-7-12/h6-9,14-15H,4-5,10-11,18H2,1-3H3,(H,19,20). The maximum Gasteiger partial charge on any atom is 0.224 e. The average molecular weight is 290 g/mol. The van der Waals surface area contributed by atoms with Crippen molar-refractivity contribution in [2.75, 3.05) is 12.8 Å². The lowest BCUT2D eigenvalue weighted by atomic mass is 9.58. The van der Waals surface area contributed by atoms with Crippen LogP contribution in [0.3, 0.4) is 0 Å². The third kappa shape index (κ3) is 3.05. The van der Waals surface area contributed by atoms with Crippen LogP contribution >= 0.6 is 0 Å². The Bertz CT molecular complexity index is 480. The number of carbonyl (C=O) groups is 1. The SMILES string of the molecule is CCC1(CC)C(NC(=O)Cc2ccc(N)cc2)CC1OC. The lowest BCUT2D eigenvalue weighted by Crippen LogP contribution is -2.64. The van der Waals surface area contributed by atoms with E-state index < -0.39 is 0 Å². The molecule has 2 rings (SSSR count). The summed E-state index contributed by atoms with van der Waals surface area (Å²) in [6.45, 7) is 4.35. The number of rotatable bonds is 6. The number of hydrogen-bond acceptors (Lipinski definition) is 3. The van der Waals surface area contributed by atoms with Gasteiger partial charge in [0.1, 0.15) is 0 Å². The van der Waals surface area contributed by atoms with Gasteiger partial charge in [-0.25, -0.2) is 0 Å². The zero-order chi connectivity index (χ0) is 15.5. The highest BCUT2D eigenvalue weighted by molar-refractivity contribution is 5.79. The summed E-state index contributed by atoms with van der Waals surface area (Å²) < 4.78 is 5.56. The zero-order valence-electron chi connectivity index (χ0n) is 13.2. The van der Waals surface area contributed by atoms with Crippen LogP contribution in [-0.2, 0) is 16.0 Å². The quantitative estimate of drug-likeness (QED) is 0.791. The minimum atomic E-state index is 0.0746. The first-order valence-corrected chi connectivity index (χ1v) is 7.72. The lowest BCUT2D eigenvalue weighted by molar-refractivity contribution is -0.140. The van der Waals surface area contributed by atoms with Gasteiger partial charge in [0, 0.05) is 24.3 Å². The molecule has 2 atom stereocenters. The Kier molecular flexibility index (Phi) is 4.88. The second-order valence-corrected chi connectivity index (χ2v) is 5.94. The number of nitrogens with one attached hydrogen (secondary N) is 1. The molecule has 1 saturated carbocycles. The van der Waals surface area contributed by atoms with Gasteiger partial charge in [0.25, 0.3) is 0 Å². The Hall–Kier alpha value is -1.55. The van der Waals surface area contributed by atoms with Crippen LogP contribution in [0.2, 0.25) is 0 Å². The summed E-state index contributed by atoms with van der Waals surface area (Å²) in [5.74, 6) is 0.0746. The summed E-state index contributed by atoms with van der Waals surface area (Å²) in [4.78, 5) is 12.2. The van der Waals surface area contributed by atoms with Crippen molar-refractivity contribution in [2.45, 2.75) is 51.7 Å². The van der Waals surface area contributed by atoms with Crippen molar-refractivity contribution in [2.24, 2.45) is 5.41 Å². The van der Waals surface area contributed by atoms with Crippen molar-refractivity contribution in [3.8, 4) is 0 Å². The molecule has 116 valence electrons. The number of hydrogen-bond donors (Lipinski definition) is 2. The first-order chi connectivity index (χ1) is 10.1. The fourth-order valence-corrected chi connectivity index (χ4v) is 3.55. The normalized spacial score (nSPS) is 23.4. The lowest BCUT2D eigenvalue weighted by Gasteiger charge is -2.55. The predicted octanol–water partition coefficient (Wildman–Crippen LogP) is 2.52. The number of anilines is 1. The second kappa shape index (κ2) is 6.48. The minimum absolute atomic E-state index is 0.0746. The maximum absolute atomic E-state index is 12.2. The largest absolute Gasteiger partial charge is 0.399 e. The molecular formula is C17H26N2O2. The maximum atomic E-state index is 12.2. The average Bonchev–Trinajstić information content (AvgIpc) is 2.47. The second-order valence-electron chi connectivity index (χ2n) is 5.94. The van der Waals surface area contributed by atoms with Crippen LogP contribution < -0.4 is 11.1 Å². The van der Waals surface area contributed by atoms with Crippen molar-refractivity contribution in [3.63, 3.8) is 0 Å². The Labute approximate surface area is 127 Å². The van der Waals surface area contributed by atoms with Crippen LogP contribution in [-0.4, -0.2) is 25.2 Å². The smallest absolute Gasteiger partial charge is 0.224 e. The highest BCUT2D eigenvalue weighted by atomic mass is 16.5. The minimum Gasteiger partial charge on any atom is -0.399 e. The molecule has 3 N–H and O–H groups in total. The molecule has 0 spiro atoms. The van der Waals surface area contributed by atoms with Crippen LogP contribution in [0, 0.1) is 5.41 Å². The third-order valence-electron chi connectivity index (χ3n) is 5.07. The molecule has 4 heteroatoms. The molecule has 2 unspecified atom stereocenters. The number of amides is 1. The van der Waals surface area contributed by atoms with E-state index in [1.54, 1.807) is 7.11 Å². The molecule has 0 saturated heterocycles. The molecule has 1 aliphatic carbocycles. The molecule has 0 aromatic heterocycles. The number of nitrogens with two attached hydrogens (primary N) is 1. The number of methoxy groups -OCH3 is 1. The zero-order valence-corrected chi connectivity index (χ0v) is 13.2. The summed E-state index contributed by atoms with van der Waals surface area (Å²) in [5.41, 5.74) is 7.45. The van der Waals surface area contributed by atoms with E-state index in [2.05, 4.69) is 19.2 Å². The van der Waals surface area contributed by atoms with Crippen LogP contribution in [0.15, 0.2) is 24.3 Å². The Morgan fingerprint density at radius 1 is 1.33 bits per heavy atom. The number of carbonyl (C=O) groups excluding carboxylic acids is 1. The molecule has 1 amide bonds. The number of ether oxygens (including phenoxy) is 1. The van der Waals surface area contributed by atoms with Crippen LogP contribution in [0.25, 0.3) is 0 Å². The van der Waals surface area contributed by atoms with Crippen molar-refractivity contribution >= 4 is 11.6 Å². The van der Waals surface area contributed by atoms with Gasteiger partial charge < -0.3 is 15.8 Å². The summed E-state index contributed by atoms with van der Waals surface area (Å²) in [6, 6.07) is 7.69. The molecular weight excluding hydrogens is 264 g/mol. The Balaban J connectivity index is 1.95. The number of benzene rings is 1. The highest BCUT2D eigenvalue weighted by Gasteiger charge is 2.53. The van der Waals surface area contributed by atoms with Crippen molar-refractivity contribution in [1.29, 1.82) is 0 Å². The monoisotopic (exact) mass is 290 g/mol. The Morgan fingerprint density at radius 3 is 2.48 bits per heavy atom. The highest BCUT2D eigenvalue weighted by Crippen LogP contribution is 2.48. The van der Waals surface area contributed by atoms with Crippen LogP contribution in [0.4, 0.5) is 5.69 Å². The molecule has 1 aliphatic rings. The molecule has 0 heterocycles. The van der Waals surface area contributed by atoms with E-state index in [-0.39, 0.29) is 23.5 Å². The van der Waals surface area contributed by atoms with E-state index in [0.29, 0.717) is 6.42 Å². The Morgan fingerprint density at radius 2 is 1.95 bits per heavy atom. The molecule has 0 bridgehead atoms. The fraction of sp³-hybridized carbons (Fsp3) is 0.588. The van der Waals surface area contributed by atoms with E-state index in [0.717, 1.165) is 30.5 Å². The van der Waals surface area contributed by atoms with E-state index in [1.165, 1.54) is 0 Å². The predicted molar refractivity (Wildman–Crippen MR) is 84.9 cm³/mol. The van der Waals surface area contributed by atoms with Gasteiger partial charge in [-0.3, -0.25) is 4.79 Å². The molecule has 1 aromatic rings. The van der Waals surface area contributed by atoms with E-state index >= 15 is 0 Å². The van der Waals surface area contributed by atoms with Gasteiger partial charge >= 0.3 is 0 Å². The molecule has 0 aliphatic heterocycles. The summed E-state index contributed by atoms with van der Waals surface area (Å²) in [7, 11) is 1.76.